The summed E-state index contributed by atoms with van der Waals surface area (Å²) in [7, 11) is 1.59. The van der Waals surface area contributed by atoms with E-state index in [1.807, 2.05) is 24.3 Å². The average molecular weight is 410 g/mol. The fourth-order valence-corrected chi connectivity index (χ4v) is 2.93. The van der Waals surface area contributed by atoms with Gasteiger partial charge in [0.1, 0.15) is 18.2 Å². The molecule has 1 N–H and O–H groups in total. The summed E-state index contributed by atoms with van der Waals surface area (Å²) in [5, 5.41) is 0.579. The number of nitrogens with one attached hydrogen (secondary N) is 1. The molecular formula is C22H17ClFN3O2. The number of halogens is 2. The molecular weight excluding hydrogens is 393 g/mol. The summed E-state index contributed by atoms with van der Waals surface area (Å²) in [6, 6.07) is 15.4. The van der Waals surface area contributed by atoms with Crippen molar-refractivity contribution >= 4 is 11.6 Å². The maximum Gasteiger partial charge on any atom is 0.161 e. The highest BCUT2D eigenvalue weighted by molar-refractivity contribution is 6.30. The van der Waals surface area contributed by atoms with Crippen LogP contribution in [0.1, 0.15) is 5.69 Å². The molecule has 0 fully saturated rings. The van der Waals surface area contributed by atoms with Gasteiger partial charge in [-0.2, -0.15) is 0 Å². The highest BCUT2D eigenvalue weighted by Crippen LogP contribution is 2.33. The van der Waals surface area contributed by atoms with E-state index in [4.69, 9.17) is 21.1 Å². The molecule has 0 atom stereocenters. The summed E-state index contributed by atoms with van der Waals surface area (Å²) < 4.78 is 24.4. The molecule has 2 heterocycles. The lowest BCUT2D eigenvalue weighted by atomic mass is 10.1. The zero-order valence-electron chi connectivity index (χ0n) is 15.5. The molecule has 2 aromatic heterocycles. The third-order valence-corrected chi connectivity index (χ3v) is 4.56. The third-order valence-electron chi connectivity index (χ3n) is 4.33. The van der Waals surface area contributed by atoms with Gasteiger partial charge in [0.05, 0.1) is 29.7 Å². The Balaban J connectivity index is 1.53. The van der Waals surface area contributed by atoms with E-state index >= 15 is 0 Å². The van der Waals surface area contributed by atoms with Gasteiger partial charge in [-0.3, -0.25) is 4.98 Å². The zero-order chi connectivity index (χ0) is 20.2. The minimum Gasteiger partial charge on any atom is -0.493 e. The smallest absolute Gasteiger partial charge is 0.161 e. The molecule has 5 nitrogen and oxygen atoms in total. The number of hydrogen-bond acceptors (Lipinski definition) is 4. The number of imidazole rings is 1. The number of aromatic nitrogens is 3. The van der Waals surface area contributed by atoms with Crippen LogP contribution < -0.4 is 9.47 Å². The van der Waals surface area contributed by atoms with Crippen molar-refractivity contribution in [2.45, 2.75) is 6.61 Å². The van der Waals surface area contributed by atoms with Crippen LogP contribution in [-0.2, 0) is 6.61 Å². The minimum absolute atomic E-state index is 0.283. The van der Waals surface area contributed by atoms with Gasteiger partial charge in [-0.1, -0.05) is 11.6 Å². The van der Waals surface area contributed by atoms with Gasteiger partial charge in [-0.25, -0.2) is 9.37 Å². The van der Waals surface area contributed by atoms with Crippen molar-refractivity contribution in [3.05, 3.63) is 83.5 Å². The second-order valence-electron chi connectivity index (χ2n) is 6.27. The normalized spacial score (nSPS) is 10.7. The lowest BCUT2D eigenvalue weighted by Crippen LogP contribution is -1.99. The molecule has 0 aliphatic heterocycles. The van der Waals surface area contributed by atoms with E-state index in [2.05, 4.69) is 15.0 Å². The molecule has 0 bridgehead atoms. The Labute approximate surface area is 172 Å². The topological polar surface area (TPSA) is 60.0 Å². The maximum atomic E-state index is 13.1. The Bertz CT molecular complexity index is 1110. The van der Waals surface area contributed by atoms with Gasteiger partial charge in [0, 0.05) is 17.3 Å². The van der Waals surface area contributed by atoms with Crippen molar-refractivity contribution in [1.29, 1.82) is 0 Å². The largest absolute Gasteiger partial charge is 0.493 e. The van der Waals surface area contributed by atoms with Crippen LogP contribution in [0.15, 0.2) is 67.0 Å². The predicted octanol–water partition coefficient (Wildman–Crippen LogP) is 5.52. The van der Waals surface area contributed by atoms with Gasteiger partial charge in [-0.15, -0.1) is 0 Å². The molecule has 29 heavy (non-hydrogen) atoms. The van der Waals surface area contributed by atoms with Crippen LogP contribution >= 0.6 is 11.6 Å². The molecule has 0 radical (unpaired) electrons. The summed E-state index contributed by atoms with van der Waals surface area (Å²) >= 11 is 5.85. The average Bonchev–Trinajstić information content (AvgIpc) is 3.24. The number of hydrogen-bond donors (Lipinski definition) is 1. The monoisotopic (exact) mass is 409 g/mol. The van der Waals surface area contributed by atoms with Crippen molar-refractivity contribution in [1.82, 2.24) is 15.0 Å². The molecule has 0 saturated carbocycles. The molecule has 0 saturated heterocycles. The Morgan fingerprint density at radius 1 is 0.931 bits per heavy atom. The van der Waals surface area contributed by atoms with Crippen molar-refractivity contribution in [3.63, 3.8) is 0 Å². The first-order valence-corrected chi connectivity index (χ1v) is 9.23. The third kappa shape index (κ3) is 4.38. The van der Waals surface area contributed by atoms with Gasteiger partial charge in [0.25, 0.3) is 0 Å². The van der Waals surface area contributed by atoms with E-state index in [-0.39, 0.29) is 5.82 Å². The number of rotatable bonds is 6. The van der Waals surface area contributed by atoms with E-state index in [1.165, 1.54) is 12.1 Å². The number of aromatic amines is 1. The van der Waals surface area contributed by atoms with E-state index in [1.54, 1.807) is 37.7 Å². The quantitative estimate of drug-likeness (QED) is 0.455. The van der Waals surface area contributed by atoms with Crippen LogP contribution in [0.5, 0.6) is 11.5 Å². The lowest BCUT2D eigenvalue weighted by Gasteiger charge is -2.11. The fourth-order valence-electron chi connectivity index (χ4n) is 2.82. The highest BCUT2D eigenvalue weighted by Gasteiger charge is 2.11. The molecule has 0 spiro atoms. The number of pyridine rings is 1. The number of nitrogens with zero attached hydrogens (tertiary/aromatic N) is 2. The van der Waals surface area contributed by atoms with Gasteiger partial charge in [-0.05, 0) is 54.6 Å². The van der Waals surface area contributed by atoms with E-state index in [0.717, 1.165) is 22.5 Å². The van der Waals surface area contributed by atoms with Gasteiger partial charge < -0.3 is 14.5 Å². The van der Waals surface area contributed by atoms with Crippen LogP contribution in [0, 0.1) is 5.82 Å². The fraction of sp³-hybridized carbons (Fsp3) is 0.0909. The number of benzene rings is 2. The first kappa shape index (κ1) is 19.0. The molecule has 4 aromatic rings. The molecule has 146 valence electrons. The van der Waals surface area contributed by atoms with Gasteiger partial charge in [0.15, 0.2) is 11.5 Å². The van der Waals surface area contributed by atoms with Crippen LogP contribution in [0.4, 0.5) is 4.39 Å². The van der Waals surface area contributed by atoms with Crippen LogP contribution in [-0.4, -0.2) is 22.1 Å². The molecule has 4 rings (SSSR count). The second kappa shape index (κ2) is 8.32. The zero-order valence-corrected chi connectivity index (χ0v) is 16.3. The predicted molar refractivity (Wildman–Crippen MR) is 110 cm³/mol. The summed E-state index contributed by atoms with van der Waals surface area (Å²) in [5.74, 6) is 1.57. The van der Waals surface area contributed by atoms with E-state index in [9.17, 15) is 4.39 Å². The van der Waals surface area contributed by atoms with Crippen LogP contribution in [0.25, 0.3) is 22.6 Å². The lowest BCUT2D eigenvalue weighted by molar-refractivity contribution is 0.281. The molecule has 0 unspecified atom stereocenters. The second-order valence-corrected chi connectivity index (χ2v) is 6.71. The first-order valence-electron chi connectivity index (χ1n) is 8.85. The maximum absolute atomic E-state index is 13.1. The van der Waals surface area contributed by atoms with Crippen molar-refractivity contribution in [3.8, 4) is 34.1 Å². The SMILES string of the molecule is COc1cc(-c2cnc(-c3ccc(F)cc3)[nH]2)ccc1OCc1ccc(Cl)cn1. The Hall–Kier alpha value is -3.38. The molecule has 2 aromatic carbocycles. The Kier molecular flexibility index (Phi) is 5.44. The van der Waals surface area contributed by atoms with Crippen molar-refractivity contribution in [2.75, 3.05) is 7.11 Å². The number of ether oxygens (including phenoxy) is 2. The summed E-state index contributed by atoms with van der Waals surface area (Å²) in [6.45, 7) is 0.297. The van der Waals surface area contributed by atoms with E-state index in [0.29, 0.717) is 29.0 Å². The van der Waals surface area contributed by atoms with E-state index < -0.39 is 0 Å². The molecule has 0 aliphatic carbocycles. The summed E-state index contributed by atoms with van der Waals surface area (Å²) in [6.07, 6.45) is 3.31. The Morgan fingerprint density at radius 2 is 1.72 bits per heavy atom. The first-order chi connectivity index (χ1) is 14.1. The Morgan fingerprint density at radius 3 is 2.45 bits per heavy atom. The summed E-state index contributed by atoms with van der Waals surface area (Å²) in [5.41, 5.74) is 3.27. The molecule has 7 heteroatoms. The molecule has 0 amide bonds. The summed E-state index contributed by atoms with van der Waals surface area (Å²) in [4.78, 5) is 11.8. The number of methoxy groups -OCH3 is 1. The van der Waals surface area contributed by atoms with Crippen molar-refractivity contribution < 1.29 is 13.9 Å². The van der Waals surface area contributed by atoms with Gasteiger partial charge >= 0.3 is 0 Å². The number of H-pyrrole nitrogens is 1. The van der Waals surface area contributed by atoms with Crippen LogP contribution in [0.3, 0.4) is 0 Å². The van der Waals surface area contributed by atoms with Gasteiger partial charge in [0.2, 0.25) is 0 Å². The minimum atomic E-state index is -0.283. The highest BCUT2D eigenvalue weighted by atomic mass is 35.5. The van der Waals surface area contributed by atoms with Crippen molar-refractivity contribution in [2.24, 2.45) is 0 Å². The molecule has 0 aliphatic rings. The standard InChI is InChI=1S/C22H17ClFN3O2/c1-28-21-10-15(4-9-20(21)29-13-18-8-5-16(23)11-25-18)19-12-26-22(27-19)14-2-6-17(24)7-3-14/h2-12H,13H2,1H3,(H,26,27). The van der Waals surface area contributed by atoms with Crippen LogP contribution in [0.2, 0.25) is 5.02 Å².